The Hall–Kier alpha value is -3.05. The zero-order valence-electron chi connectivity index (χ0n) is 21.9. The van der Waals surface area contributed by atoms with Crippen molar-refractivity contribution >= 4 is 28.5 Å². The monoisotopic (exact) mass is 516 g/mol. The van der Waals surface area contributed by atoms with Gasteiger partial charge in [-0.25, -0.2) is 13.8 Å². The average molecular weight is 517 g/mol. The number of unbranched alkanes of at least 4 members (excludes halogenated alkanes) is 1. The van der Waals surface area contributed by atoms with Gasteiger partial charge in [0.25, 0.3) is 0 Å². The molecule has 4 rings (SSSR count). The zero-order valence-corrected chi connectivity index (χ0v) is 21.9. The van der Waals surface area contributed by atoms with E-state index >= 15 is 8.78 Å². The van der Waals surface area contributed by atoms with Crippen LogP contribution in [0.4, 0.5) is 26.2 Å². The number of nitrogens with two attached hydrogens (primary N) is 1. The highest BCUT2D eigenvalue weighted by atomic mass is 19.1. The van der Waals surface area contributed by atoms with Crippen LogP contribution in [0.5, 0.6) is 0 Å². The molecule has 9 nitrogen and oxygen atoms in total. The summed E-state index contributed by atoms with van der Waals surface area (Å²) in [6, 6.07) is 3.66. The second-order valence-corrected chi connectivity index (χ2v) is 10.0. The van der Waals surface area contributed by atoms with E-state index in [1.807, 2.05) is 9.80 Å². The number of aliphatic hydroxyl groups excluding tert-OH is 1. The summed E-state index contributed by atoms with van der Waals surface area (Å²) < 4.78 is 31.8. The summed E-state index contributed by atoms with van der Waals surface area (Å²) in [6.07, 6.45) is 5.36. The van der Waals surface area contributed by atoms with Gasteiger partial charge in [0.1, 0.15) is 17.2 Å². The second kappa shape index (κ2) is 12.0. The Kier molecular flexibility index (Phi) is 8.75. The van der Waals surface area contributed by atoms with E-state index in [2.05, 4.69) is 41.2 Å². The van der Waals surface area contributed by atoms with Gasteiger partial charge in [-0.2, -0.15) is 10.1 Å². The van der Waals surface area contributed by atoms with Gasteiger partial charge in [-0.1, -0.05) is 27.2 Å². The van der Waals surface area contributed by atoms with Gasteiger partial charge in [0, 0.05) is 49.5 Å². The predicted octanol–water partition coefficient (Wildman–Crippen LogP) is 3.30. The summed E-state index contributed by atoms with van der Waals surface area (Å²) in [4.78, 5) is 12.6. The molecule has 1 aromatic carbocycles. The Morgan fingerprint density at radius 3 is 2.49 bits per heavy atom. The summed E-state index contributed by atoms with van der Waals surface area (Å²) in [5.74, 6) is -0.619. The largest absolute Gasteiger partial charge is 0.395 e. The predicted molar refractivity (Wildman–Crippen MR) is 143 cm³/mol. The van der Waals surface area contributed by atoms with E-state index in [0.717, 1.165) is 38.8 Å². The Bertz CT molecular complexity index is 1170. The number of rotatable bonds is 11. The third kappa shape index (κ3) is 6.45. The number of piperidine rings is 1. The van der Waals surface area contributed by atoms with Crippen LogP contribution < -0.4 is 20.9 Å². The number of nitrogens with one attached hydrogen (secondary N) is 1. The van der Waals surface area contributed by atoms with E-state index in [4.69, 9.17) is 5.73 Å². The molecule has 0 aliphatic carbocycles. The first-order valence-corrected chi connectivity index (χ1v) is 13.1. The molecule has 0 saturated carbocycles. The molecular weight excluding hydrogens is 478 g/mol. The van der Waals surface area contributed by atoms with Crippen molar-refractivity contribution in [2.24, 2.45) is 0 Å². The maximum Gasteiger partial charge on any atom is 0.222 e. The van der Waals surface area contributed by atoms with E-state index in [1.165, 1.54) is 16.8 Å². The number of anilines is 3. The van der Waals surface area contributed by atoms with Crippen LogP contribution in [-0.4, -0.2) is 69.7 Å². The topological polar surface area (TPSA) is 108 Å². The number of aliphatic hydroxyl groups is 1. The van der Waals surface area contributed by atoms with Crippen molar-refractivity contribution < 1.29 is 13.9 Å². The fourth-order valence-electron chi connectivity index (χ4n) is 4.92. The number of nitrogen functional groups attached to an aromatic ring is 1. The number of aromatic nitrogens is 4. The fraction of sp³-hybridized carbons (Fsp3) is 0.577. The van der Waals surface area contributed by atoms with Gasteiger partial charge in [-0.05, 0) is 31.4 Å². The minimum Gasteiger partial charge on any atom is -0.395 e. The van der Waals surface area contributed by atoms with E-state index < -0.39 is 11.6 Å². The number of benzene rings is 1. The van der Waals surface area contributed by atoms with Crippen molar-refractivity contribution in [1.29, 1.82) is 0 Å². The third-order valence-corrected chi connectivity index (χ3v) is 6.74. The minimum atomic E-state index is -0.604. The molecule has 1 aliphatic heterocycles. The number of nitrogens with zero attached hydrogens (tertiary/aromatic N) is 6. The van der Waals surface area contributed by atoms with Crippen molar-refractivity contribution in [2.75, 3.05) is 48.3 Å². The Morgan fingerprint density at radius 2 is 1.86 bits per heavy atom. The first kappa shape index (κ1) is 27.0. The molecule has 0 radical (unpaired) electrons. The van der Waals surface area contributed by atoms with Crippen molar-refractivity contribution in [3.05, 3.63) is 35.5 Å². The van der Waals surface area contributed by atoms with Crippen LogP contribution in [0.15, 0.2) is 18.3 Å². The molecular formula is C26H38F2N8O. The highest BCUT2D eigenvalue weighted by Crippen LogP contribution is 2.28. The highest BCUT2D eigenvalue weighted by Gasteiger charge is 2.23. The van der Waals surface area contributed by atoms with E-state index in [1.54, 1.807) is 6.20 Å². The third-order valence-electron chi connectivity index (χ3n) is 6.74. The summed E-state index contributed by atoms with van der Waals surface area (Å²) in [5, 5.41) is 17.6. The molecule has 3 heterocycles. The number of fused-ring (bicyclic) bond motifs is 1. The fourth-order valence-corrected chi connectivity index (χ4v) is 4.92. The van der Waals surface area contributed by atoms with Crippen molar-refractivity contribution in [3.8, 4) is 0 Å². The van der Waals surface area contributed by atoms with Crippen LogP contribution in [-0.2, 0) is 6.54 Å². The molecule has 0 amide bonds. The van der Waals surface area contributed by atoms with E-state index in [9.17, 15) is 5.11 Å². The molecule has 11 heteroatoms. The van der Waals surface area contributed by atoms with Crippen LogP contribution >= 0.6 is 0 Å². The summed E-state index contributed by atoms with van der Waals surface area (Å²) in [6.45, 7) is 8.72. The smallest absolute Gasteiger partial charge is 0.222 e. The molecule has 1 saturated heterocycles. The van der Waals surface area contributed by atoms with Crippen LogP contribution in [0, 0.1) is 11.6 Å². The second-order valence-electron chi connectivity index (χ2n) is 10.0. The lowest BCUT2D eigenvalue weighted by molar-refractivity contribution is 0.301. The molecule has 0 atom stereocenters. The molecule has 37 heavy (non-hydrogen) atoms. The molecule has 2 aromatic heterocycles. The Morgan fingerprint density at radius 1 is 1.16 bits per heavy atom. The number of halogens is 2. The summed E-state index contributed by atoms with van der Waals surface area (Å²) in [5.41, 5.74) is 7.40. The maximum atomic E-state index is 15.2. The van der Waals surface area contributed by atoms with Gasteiger partial charge in [0.2, 0.25) is 5.95 Å². The molecule has 1 fully saturated rings. The molecule has 0 spiro atoms. The zero-order chi connectivity index (χ0) is 26.5. The van der Waals surface area contributed by atoms with Crippen LogP contribution in [0.25, 0.3) is 11.0 Å². The van der Waals surface area contributed by atoms with Crippen molar-refractivity contribution in [1.82, 2.24) is 25.1 Å². The quantitative estimate of drug-likeness (QED) is 0.356. The van der Waals surface area contributed by atoms with Crippen LogP contribution in [0.3, 0.4) is 0 Å². The van der Waals surface area contributed by atoms with Crippen LogP contribution in [0.1, 0.15) is 52.0 Å². The normalized spacial score (nSPS) is 14.7. The minimum absolute atomic E-state index is 0.0511. The van der Waals surface area contributed by atoms with Gasteiger partial charge in [-0.15, -0.1) is 0 Å². The summed E-state index contributed by atoms with van der Waals surface area (Å²) in [7, 11) is 0. The highest BCUT2D eigenvalue weighted by molar-refractivity contribution is 5.86. The van der Waals surface area contributed by atoms with E-state index in [0.29, 0.717) is 47.7 Å². The van der Waals surface area contributed by atoms with E-state index in [-0.39, 0.29) is 24.7 Å². The molecule has 0 bridgehead atoms. The molecule has 202 valence electrons. The first-order valence-electron chi connectivity index (χ1n) is 13.1. The molecule has 4 N–H and O–H groups in total. The SMILES string of the molecule is CCCCN(CCO)c1nc(N)nc2cn(Cc3c(F)cc(N4CCC(NC(C)C)CC4)cc3F)nc12. The molecule has 3 aromatic rings. The maximum absolute atomic E-state index is 15.2. The van der Waals surface area contributed by atoms with Crippen molar-refractivity contribution in [3.63, 3.8) is 0 Å². The summed E-state index contributed by atoms with van der Waals surface area (Å²) >= 11 is 0. The number of hydrogen-bond donors (Lipinski definition) is 3. The lowest BCUT2D eigenvalue weighted by atomic mass is 10.0. The lowest BCUT2D eigenvalue weighted by Gasteiger charge is -2.35. The molecule has 0 unspecified atom stereocenters. The Labute approximate surface area is 216 Å². The van der Waals surface area contributed by atoms with Crippen molar-refractivity contribution in [2.45, 2.75) is 65.1 Å². The van der Waals surface area contributed by atoms with Crippen LogP contribution in [0.2, 0.25) is 0 Å². The van der Waals surface area contributed by atoms with Gasteiger partial charge in [0.15, 0.2) is 11.3 Å². The Balaban J connectivity index is 1.55. The first-order chi connectivity index (χ1) is 17.8. The number of hydrogen-bond acceptors (Lipinski definition) is 8. The average Bonchev–Trinajstić information content (AvgIpc) is 3.26. The van der Waals surface area contributed by atoms with Gasteiger partial charge < -0.3 is 26.0 Å². The van der Waals surface area contributed by atoms with Gasteiger partial charge in [-0.3, -0.25) is 4.68 Å². The van der Waals surface area contributed by atoms with Gasteiger partial charge >= 0.3 is 0 Å². The standard InChI is InChI=1S/C26H38F2N8O/c1-4-5-8-35(11-12-37)25-24-23(31-26(29)32-25)16-36(33-24)15-20-21(27)13-19(14-22(20)28)34-9-6-18(7-10-34)30-17(2)3/h13-14,16-18,30,37H,4-12,15H2,1-3H3,(H2,29,31). The molecule has 1 aliphatic rings. The lowest BCUT2D eigenvalue weighted by Crippen LogP contribution is -2.44. The van der Waals surface area contributed by atoms with Gasteiger partial charge in [0.05, 0.1) is 19.3 Å².